The van der Waals surface area contributed by atoms with Crippen LogP contribution in [0.3, 0.4) is 0 Å². The Labute approximate surface area is 427 Å². The van der Waals surface area contributed by atoms with Gasteiger partial charge in [0.1, 0.15) is 30.7 Å². The molecule has 0 bridgehead atoms. The van der Waals surface area contributed by atoms with E-state index in [0.29, 0.717) is 25.4 Å². The van der Waals surface area contributed by atoms with Crippen LogP contribution in [0.1, 0.15) is 188 Å². The summed E-state index contributed by atoms with van der Waals surface area (Å²) in [5.41, 5.74) is 4.59. The third kappa shape index (κ3) is 28.6. The molecular formula is C51H87N3O16P2. The predicted octanol–water partition coefficient (Wildman–Crippen LogP) is 10.0. The first kappa shape index (κ1) is 63.2. The number of aliphatic hydroxyl groups excluding tert-OH is 2. The number of aromatic nitrogens is 2. The molecule has 0 aromatic carbocycles. The molecule has 3 rings (SSSR count). The average Bonchev–Trinajstić information content (AvgIpc) is 4.02. The molecule has 0 aliphatic carbocycles. The van der Waals surface area contributed by atoms with Gasteiger partial charge in [0.25, 0.3) is 0 Å². The third-order valence-electron chi connectivity index (χ3n) is 12.3. The van der Waals surface area contributed by atoms with E-state index in [-0.39, 0.29) is 24.8 Å². The van der Waals surface area contributed by atoms with Crippen molar-refractivity contribution in [1.29, 1.82) is 0 Å². The minimum Gasteiger partial charge on any atom is -0.462 e. The van der Waals surface area contributed by atoms with Crippen molar-refractivity contribution in [2.75, 3.05) is 25.6 Å². The van der Waals surface area contributed by atoms with Crippen LogP contribution in [-0.2, 0) is 51.0 Å². The van der Waals surface area contributed by atoms with Crippen LogP contribution in [-0.4, -0.2) is 97.9 Å². The second-order valence-corrected chi connectivity index (χ2v) is 22.3. The molecule has 2 saturated heterocycles. The summed E-state index contributed by atoms with van der Waals surface area (Å²) < 4.78 is 62.6. The molecule has 412 valence electrons. The SMILES string of the molecule is CCCCC/C=C\CC1OC1C/C=C\C/C=C\CCCC(=O)OC[C@H](COP(=O)(O)OP(=O)(O)OC[C@H]1O[C@@H](n2ccc(N)nc2=O)[C@H](O)[C@@H]1O)OC(=O)CCCCCCCCCCCCCCCC(C)C. The van der Waals surface area contributed by atoms with Crippen molar-refractivity contribution in [1.82, 2.24) is 9.55 Å². The maximum absolute atomic E-state index is 12.9. The largest absolute Gasteiger partial charge is 0.481 e. The first-order valence-electron chi connectivity index (χ1n) is 26.5. The first-order valence-corrected chi connectivity index (χ1v) is 29.5. The normalized spacial score (nSPS) is 22.2. The molecule has 2 aliphatic rings. The van der Waals surface area contributed by atoms with Gasteiger partial charge in [-0.2, -0.15) is 9.29 Å². The maximum atomic E-state index is 12.9. The molecule has 9 atom stereocenters. The van der Waals surface area contributed by atoms with Gasteiger partial charge in [-0.25, -0.2) is 13.9 Å². The molecule has 0 saturated carbocycles. The quantitative estimate of drug-likeness (QED) is 0.0134. The Morgan fingerprint density at radius 2 is 1.29 bits per heavy atom. The first-order chi connectivity index (χ1) is 34.5. The van der Waals surface area contributed by atoms with Crippen molar-refractivity contribution >= 4 is 33.4 Å². The van der Waals surface area contributed by atoms with Crippen molar-refractivity contribution < 1.29 is 71.0 Å². The highest BCUT2D eigenvalue weighted by atomic mass is 31.3. The lowest BCUT2D eigenvalue weighted by Gasteiger charge is -2.21. The van der Waals surface area contributed by atoms with E-state index in [2.05, 4.69) is 54.4 Å². The van der Waals surface area contributed by atoms with Crippen molar-refractivity contribution in [2.45, 2.75) is 224 Å². The van der Waals surface area contributed by atoms with Crippen LogP contribution in [0.4, 0.5) is 5.82 Å². The van der Waals surface area contributed by atoms with Crippen LogP contribution in [0.25, 0.3) is 0 Å². The fourth-order valence-electron chi connectivity index (χ4n) is 8.06. The van der Waals surface area contributed by atoms with Crippen LogP contribution >= 0.6 is 15.6 Å². The van der Waals surface area contributed by atoms with Gasteiger partial charge in [-0.1, -0.05) is 154 Å². The number of esters is 2. The molecular weight excluding hydrogens is 973 g/mol. The van der Waals surface area contributed by atoms with Crippen LogP contribution in [0.5, 0.6) is 0 Å². The van der Waals surface area contributed by atoms with E-state index in [1.54, 1.807) is 0 Å². The number of ether oxygens (including phenoxy) is 4. The second kappa shape index (κ2) is 36.0. The molecule has 2 aliphatic heterocycles. The van der Waals surface area contributed by atoms with Gasteiger partial charge in [0.2, 0.25) is 0 Å². The Morgan fingerprint density at radius 1 is 0.722 bits per heavy atom. The summed E-state index contributed by atoms with van der Waals surface area (Å²) in [4.78, 5) is 62.0. The van der Waals surface area contributed by atoms with E-state index in [1.165, 1.54) is 83.1 Å². The number of carbonyl (C=O) groups is 2. The Kier molecular flexibility index (Phi) is 31.6. The van der Waals surface area contributed by atoms with E-state index in [0.717, 1.165) is 68.0 Å². The molecule has 0 spiro atoms. The highest BCUT2D eigenvalue weighted by molar-refractivity contribution is 7.61. The summed E-state index contributed by atoms with van der Waals surface area (Å²) in [5, 5.41) is 20.9. The number of hydrogen-bond donors (Lipinski definition) is 5. The molecule has 4 unspecified atom stereocenters. The summed E-state index contributed by atoms with van der Waals surface area (Å²) in [5.74, 6) is -0.585. The Bertz CT molecular complexity index is 1930. The summed E-state index contributed by atoms with van der Waals surface area (Å²) in [6.45, 7) is 4.39. The smallest absolute Gasteiger partial charge is 0.462 e. The highest BCUT2D eigenvalue weighted by Crippen LogP contribution is 2.60. The number of nitrogen functional groups attached to an aromatic ring is 1. The van der Waals surface area contributed by atoms with Crippen molar-refractivity contribution in [2.24, 2.45) is 5.92 Å². The van der Waals surface area contributed by atoms with E-state index < -0.39 is 83.7 Å². The van der Waals surface area contributed by atoms with Gasteiger partial charge >= 0.3 is 33.3 Å². The summed E-state index contributed by atoms with van der Waals surface area (Å²) in [6.07, 6.45) is 31.2. The van der Waals surface area contributed by atoms with Gasteiger partial charge in [0.15, 0.2) is 12.3 Å². The number of phosphoric ester groups is 2. The molecule has 0 radical (unpaired) electrons. The molecule has 21 heteroatoms. The van der Waals surface area contributed by atoms with Crippen LogP contribution < -0.4 is 11.4 Å². The van der Waals surface area contributed by atoms with Crippen molar-refractivity contribution in [3.05, 3.63) is 59.2 Å². The van der Waals surface area contributed by atoms with Crippen molar-refractivity contribution in [3.8, 4) is 0 Å². The minimum absolute atomic E-state index is 0.0377. The summed E-state index contributed by atoms with van der Waals surface area (Å²) in [7, 11) is -10.9. The zero-order valence-corrected chi connectivity index (χ0v) is 44.9. The Morgan fingerprint density at radius 3 is 1.93 bits per heavy atom. The monoisotopic (exact) mass is 1060 g/mol. The van der Waals surface area contributed by atoms with Crippen molar-refractivity contribution in [3.63, 3.8) is 0 Å². The number of allylic oxidation sites excluding steroid dienone is 4. The number of unbranched alkanes of at least 4 members (excludes halogenated alkanes) is 16. The number of carbonyl (C=O) groups excluding carboxylic acids is 2. The number of nitrogens with two attached hydrogens (primary N) is 1. The lowest BCUT2D eigenvalue weighted by Crippen LogP contribution is -2.36. The molecule has 72 heavy (non-hydrogen) atoms. The fraction of sp³-hybridized carbons (Fsp3) is 0.765. The molecule has 6 N–H and O–H groups in total. The standard InChI is InChI=1S/C51H87N3O16P2/c1-4-5-6-7-21-26-31-42-43(68-42)32-27-22-17-15-19-23-28-33-46(55)64-37-41(67-47(56)34-29-24-18-14-12-10-8-9-11-13-16-20-25-30-40(2)3)38-65-71(60,61)70-72(62,63)66-39-44-48(57)49(58)50(69-44)54-36-35-45(52)53-51(54)59/h15,19,21-22,26-27,35-36,40-44,48-50,57-58H,4-14,16-18,20,23-25,28-34,37-39H2,1-3H3,(H,60,61)(H,62,63)(H2,52,53,59)/b19-15-,26-21-,27-22-/t41-,42?,43?,44-,48-,49-,50-/m1/s1. The predicted molar refractivity (Wildman–Crippen MR) is 274 cm³/mol. The number of hydrogen-bond acceptors (Lipinski definition) is 16. The summed E-state index contributed by atoms with van der Waals surface area (Å²) in [6, 6.07) is 1.25. The highest BCUT2D eigenvalue weighted by Gasteiger charge is 2.46. The number of nitrogens with zero attached hydrogens (tertiary/aromatic N) is 2. The van der Waals surface area contributed by atoms with E-state index >= 15 is 0 Å². The van der Waals surface area contributed by atoms with Gasteiger partial charge in [0, 0.05) is 19.0 Å². The number of anilines is 1. The lowest BCUT2D eigenvalue weighted by molar-refractivity contribution is -0.161. The lowest BCUT2D eigenvalue weighted by atomic mass is 10.0. The average molecular weight is 1060 g/mol. The zero-order chi connectivity index (χ0) is 52.6. The molecule has 19 nitrogen and oxygen atoms in total. The maximum Gasteiger partial charge on any atom is 0.481 e. The zero-order valence-electron chi connectivity index (χ0n) is 43.1. The molecule has 1 aromatic rings. The molecule has 3 heterocycles. The molecule has 2 fully saturated rings. The topological polar surface area (TPSA) is 278 Å². The third-order valence-corrected chi connectivity index (χ3v) is 14.9. The number of epoxide rings is 1. The van der Waals surface area contributed by atoms with Gasteiger partial charge in [-0.3, -0.25) is 23.2 Å². The van der Waals surface area contributed by atoms with Crippen LogP contribution in [0, 0.1) is 5.92 Å². The van der Waals surface area contributed by atoms with Gasteiger partial charge in [-0.05, 0) is 63.4 Å². The Hall–Kier alpha value is -3.06. The summed E-state index contributed by atoms with van der Waals surface area (Å²) >= 11 is 0. The molecule has 0 amide bonds. The number of aliphatic hydroxyl groups is 2. The minimum atomic E-state index is -5.44. The number of phosphoric acid groups is 2. The fourth-order valence-corrected chi connectivity index (χ4v) is 10.2. The van der Waals surface area contributed by atoms with Crippen LogP contribution in [0.2, 0.25) is 0 Å². The van der Waals surface area contributed by atoms with Gasteiger partial charge in [0.05, 0.1) is 25.4 Å². The van der Waals surface area contributed by atoms with Gasteiger partial charge in [-0.15, -0.1) is 0 Å². The van der Waals surface area contributed by atoms with Crippen LogP contribution in [0.15, 0.2) is 53.5 Å². The second-order valence-electron chi connectivity index (χ2n) is 19.2. The Balaban J connectivity index is 1.40. The van der Waals surface area contributed by atoms with E-state index in [9.17, 15) is 43.5 Å². The number of rotatable bonds is 42. The van der Waals surface area contributed by atoms with Gasteiger partial charge < -0.3 is 44.7 Å². The molecule has 1 aromatic heterocycles. The van der Waals surface area contributed by atoms with E-state index in [1.807, 2.05) is 12.2 Å². The van der Waals surface area contributed by atoms with E-state index in [4.69, 9.17) is 33.7 Å².